The van der Waals surface area contributed by atoms with Gasteiger partial charge in [-0.25, -0.2) is 0 Å². The Labute approximate surface area is 85.3 Å². The molecule has 0 spiro atoms. The summed E-state index contributed by atoms with van der Waals surface area (Å²) in [6.45, 7) is 5.28. The molecule has 0 aromatic heterocycles. The first-order valence-electron chi connectivity index (χ1n) is 5.26. The van der Waals surface area contributed by atoms with E-state index in [0.717, 1.165) is 6.42 Å². The Morgan fingerprint density at radius 3 is 2.57 bits per heavy atom. The number of ether oxygens (including phenoxy) is 1. The van der Waals surface area contributed by atoms with Crippen LogP contribution in [0.3, 0.4) is 0 Å². The van der Waals surface area contributed by atoms with Crippen LogP contribution >= 0.6 is 0 Å². The van der Waals surface area contributed by atoms with Gasteiger partial charge < -0.3 is 20.3 Å². The summed E-state index contributed by atoms with van der Waals surface area (Å²) < 4.78 is 5.13. The quantitative estimate of drug-likeness (QED) is 0.576. The van der Waals surface area contributed by atoms with E-state index in [2.05, 4.69) is 19.2 Å². The minimum Gasteiger partial charge on any atom is -0.395 e. The molecular formula is C10H21NO3. The van der Waals surface area contributed by atoms with Crippen LogP contribution in [0.2, 0.25) is 0 Å². The standard InChI is InChI=1S/C10H21NO3/c1-7(2)3-8(4-12)11-9-5-14-6-10(9)13/h7-13H,3-6H2,1-2H3. The topological polar surface area (TPSA) is 61.7 Å². The van der Waals surface area contributed by atoms with Gasteiger partial charge in [-0.1, -0.05) is 13.8 Å². The lowest BCUT2D eigenvalue weighted by Crippen LogP contribution is -2.46. The fourth-order valence-electron chi connectivity index (χ4n) is 1.77. The predicted molar refractivity (Wildman–Crippen MR) is 54.1 cm³/mol. The minimum atomic E-state index is -0.434. The van der Waals surface area contributed by atoms with E-state index in [1.54, 1.807) is 0 Å². The Bertz CT molecular complexity index is 163. The van der Waals surface area contributed by atoms with E-state index in [9.17, 15) is 5.11 Å². The summed E-state index contributed by atoms with van der Waals surface area (Å²) >= 11 is 0. The molecule has 3 N–H and O–H groups in total. The van der Waals surface area contributed by atoms with E-state index in [4.69, 9.17) is 9.84 Å². The van der Waals surface area contributed by atoms with Crippen molar-refractivity contribution in [1.29, 1.82) is 0 Å². The highest BCUT2D eigenvalue weighted by atomic mass is 16.5. The van der Waals surface area contributed by atoms with Crippen LogP contribution in [0.5, 0.6) is 0 Å². The molecule has 1 aliphatic heterocycles. The summed E-state index contributed by atoms with van der Waals surface area (Å²) in [4.78, 5) is 0. The molecule has 84 valence electrons. The third kappa shape index (κ3) is 3.53. The second-order valence-electron chi connectivity index (χ2n) is 4.39. The van der Waals surface area contributed by atoms with E-state index < -0.39 is 6.10 Å². The van der Waals surface area contributed by atoms with E-state index in [1.807, 2.05) is 0 Å². The molecule has 1 saturated heterocycles. The van der Waals surface area contributed by atoms with Gasteiger partial charge in [0.25, 0.3) is 0 Å². The van der Waals surface area contributed by atoms with E-state index in [1.165, 1.54) is 0 Å². The van der Waals surface area contributed by atoms with Gasteiger partial charge in [0.15, 0.2) is 0 Å². The van der Waals surface area contributed by atoms with Crippen LogP contribution in [0.1, 0.15) is 20.3 Å². The number of rotatable bonds is 5. The predicted octanol–water partition coefficient (Wildman–Crippen LogP) is -0.257. The lowest BCUT2D eigenvalue weighted by atomic mass is 10.0. The second-order valence-corrected chi connectivity index (χ2v) is 4.39. The number of nitrogens with one attached hydrogen (secondary N) is 1. The van der Waals surface area contributed by atoms with Gasteiger partial charge >= 0.3 is 0 Å². The van der Waals surface area contributed by atoms with Crippen molar-refractivity contribution >= 4 is 0 Å². The van der Waals surface area contributed by atoms with Crippen LogP contribution in [0.25, 0.3) is 0 Å². The van der Waals surface area contributed by atoms with Gasteiger partial charge in [0.1, 0.15) is 0 Å². The van der Waals surface area contributed by atoms with Gasteiger partial charge in [0.2, 0.25) is 0 Å². The molecule has 1 heterocycles. The summed E-state index contributed by atoms with van der Waals surface area (Å²) in [6, 6.07) is 0.0437. The van der Waals surface area contributed by atoms with Crippen LogP contribution in [0.15, 0.2) is 0 Å². The fraction of sp³-hybridized carbons (Fsp3) is 1.00. The van der Waals surface area contributed by atoms with Crippen LogP contribution < -0.4 is 5.32 Å². The van der Waals surface area contributed by atoms with Gasteiger partial charge in [0, 0.05) is 6.04 Å². The van der Waals surface area contributed by atoms with Crippen molar-refractivity contribution in [3.05, 3.63) is 0 Å². The molecule has 14 heavy (non-hydrogen) atoms. The van der Waals surface area contributed by atoms with Crippen LogP contribution in [-0.4, -0.2) is 48.2 Å². The molecule has 0 saturated carbocycles. The number of aliphatic hydroxyl groups excluding tert-OH is 2. The van der Waals surface area contributed by atoms with Crippen LogP contribution in [0, 0.1) is 5.92 Å². The maximum absolute atomic E-state index is 9.50. The number of hydrogen-bond acceptors (Lipinski definition) is 4. The smallest absolute Gasteiger partial charge is 0.0948 e. The number of hydrogen-bond donors (Lipinski definition) is 3. The molecular weight excluding hydrogens is 182 g/mol. The maximum Gasteiger partial charge on any atom is 0.0948 e. The minimum absolute atomic E-state index is 0.0223. The highest BCUT2D eigenvalue weighted by Crippen LogP contribution is 2.10. The van der Waals surface area contributed by atoms with E-state index >= 15 is 0 Å². The average Bonchev–Trinajstić information content (AvgIpc) is 2.50. The molecule has 1 aliphatic rings. The zero-order chi connectivity index (χ0) is 10.6. The first-order chi connectivity index (χ1) is 6.63. The largest absolute Gasteiger partial charge is 0.395 e. The first kappa shape index (κ1) is 11.9. The second kappa shape index (κ2) is 5.66. The fourth-order valence-corrected chi connectivity index (χ4v) is 1.77. The van der Waals surface area contributed by atoms with Crippen molar-refractivity contribution in [3.63, 3.8) is 0 Å². The number of aliphatic hydroxyl groups is 2. The van der Waals surface area contributed by atoms with Gasteiger partial charge in [0.05, 0.1) is 32.0 Å². The van der Waals surface area contributed by atoms with Crippen molar-refractivity contribution in [2.45, 2.75) is 38.5 Å². The Balaban J connectivity index is 2.31. The molecule has 4 heteroatoms. The van der Waals surface area contributed by atoms with Crippen LogP contribution in [-0.2, 0) is 4.74 Å². The Morgan fingerprint density at radius 1 is 1.43 bits per heavy atom. The Hall–Kier alpha value is -0.160. The highest BCUT2D eigenvalue weighted by molar-refractivity contribution is 4.84. The molecule has 3 atom stereocenters. The van der Waals surface area contributed by atoms with Crippen molar-refractivity contribution in [1.82, 2.24) is 5.32 Å². The molecule has 4 nitrogen and oxygen atoms in total. The summed E-state index contributed by atoms with van der Waals surface area (Å²) in [5, 5.41) is 21.9. The zero-order valence-electron chi connectivity index (χ0n) is 8.94. The summed E-state index contributed by atoms with van der Waals surface area (Å²) in [7, 11) is 0. The highest BCUT2D eigenvalue weighted by Gasteiger charge is 2.27. The summed E-state index contributed by atoms with van der Waals surface area (Å²) in [6.07, 6.45) is 0.482. The third-order valence-electron chi connectivity index (χ3n) is 2.48. The van der Waals surface area contributed by atoms with E-state index in [-0.39, 0.29) is 18.7 Å². The Morgan fingerprint density at radius 2 is 2.14 bits per heavy atom. The average molecular weight is 203 g/mol. The molecule has 3 unspecified atom stereocenters. The SMILES string of the molecule is CC(C)CC(CO)NC1COCC1O. The van der Waals surface area contributed by atoms with Crippen molar-refractivity contribution < 1.29 is 14.9 Å². The Kier molecular flexibility index (Phi) is 4.81. The lowest BCUT2D eigenvalue weighted by molar-refractivity contribution is 0.117. The molecule has 0 bridgehead atoms. The molecule has 0 amide bonds. The molecule has 1 fully saturated rings. The van der Waals surface area contributed by atoms with Gasteiger partial charge in [-0.3, -0.25) is 0 Å². The van der Waals surface area contributed by atoms with Crippen LogP contribution in [0.4, 0.5) is 0 Å². The third-order valence-corrected chi connectivity index (χ3v) is 2.48. The molecule has 1 rings (SSSR count). The van der Waals surface area contributed by atoms with Crippen molar-refractivity contribution in [2.75, 3.05) is 19.8 Å². The van der Waals surface area contributed by atoms with Gasteiger partial charge in [-0.2, -0.15) is 0 Å². The van der Waals surface area contributed by atoms with Gasteiger partial charge in [-0.15, -0.1) is 0 Å². The lowest BCUT2D eigenvalue weighted by Gasteiger charge is -2.23. The molecule has 0 aromatic rings. The van der Waals surface area contributed by atoms with Gasteiger partial charge in [-0.05, 0) is 12.3 Å². The molecule has 0 aromatic carbocycles. The maximum atomic E-state index is 9.50. The van der Waals surface area contributed by atoms with Crippen molar-refractivity contribution in [3.8, 4) is 0 Å². The summed E-state index contributed by atoms with van der Waals surface area (Å²) in [5.74, 6) is 0.541. The van der Waals surface area contributed by atoms with Crippen molar-refractivity contribution in [2.24, 2.45) is 5.92 Å². The monoisotopic (exact) mass is 203 g/mol. The normalized spacial score (nSPS) is 29.8. The zero-order valence-corrected chi connectivity index (χ0v) is 8.94. The molecule has 0 aliphatic carbocycles. The molecule has 0 radical (unpaired) electrons. The van der Waals surface area contributed by atoms with E-state index in [0.29, 0.717) is 19.1 Å². The summed E-state index contributed by atoms with van der Waals surface area (Å²) in [5.41, 5.74) is 0. The first-order valence-corrected chi connectivity index (χ1v) is 5.26.